The van der Waals surface area contributed by atoms with Gasteiger partial charge in [-0.1, -0.05) is 45.3 Å². The molecule has 1 saturated heterocycles. The van der Waals surface area contributed by atoms with E-state index in [1.54, 1.807) is 4.90 Å². The Kier molecular flexibility index (Phi) is 3.70. The first-order chi connectivity index (χ1) is 9.63. The lowest BCUT2D eigenvalue weighted by atomic mass is 9.85. The van der Waals surface area contributed by atoms with E-state index in [-0.39, 0.29) is 23.7 Å². The highest BCUT2D eigenvalue weighted by atomic mass is 16.2. The molecule has 3 aliphatic rings. The molecule has 3 nitrogen and oxygen atoms in total. The Labute approximate surface area is 121 Å². The second-order valence-corrected chi connectivity index (χ2v) is 6.86. The van der Waals surface area contributed by atoms with E-state index < -0.39 is 0 Å². The van der Waals surface area contributed by atoms with E-state index in [1.165, 1.54) is 19.3 Å². The maximum absolute atomic E-state index is 12.5. The van der Waals surface area contributed by atoms with Crippen molar-refractivity contribution in [2.24, 2.45) is 29.6 Å². The number of amides is 2. The first-order valence-electron chi connectivity index (χ1n) is 8.17. The summed E-state index contributed by atoms with van der Waals surface area (Å²) in [5, 5.41) is 0. The van der Waals surface area contributed by atoms with Gasteiger partial charge in [-0.05, 0) is 30.6 Å². The Morgan fingerprint density at radius 3 is 2.30 bits per heavy atom. The number of carbonyl (C=O) groups is 2. The van der Waals surface area contributed by atoms with Gasteiger partial charge in [0.15, 0.2) is 0 Å². The number of allylic oxidation sites excluding steroid dienone is 2. The van der Waals surface area contributed by atoms with E-state index in [0.29, 0.717) is 24.3 Å². The highest BCUT2D eigenvalue weighted by Crippen LogP contribution is 2.52. The molecule has 110 valence electrons. The van der Waals surface area contributed by atoms with Crippen LogP contribution in [0.3, 0.4) is 0 Å². The average Bonchev–Trinajstić information content (AvgIpc) is 3.10. The lowest BCUT2D eigenvalue weighted by Crippen LogP contribution is -2.34. The minimum atomic E-state index is -0.0246. The molecular weight excluding hydrogens is 250 g/mol. The van der Waals surface area contributed by atoms with Gasteiger partial charge in [0.2, 0.25) is 11.8 Å². The molecule has 0 N–H and O–H groups in total. The van der Waals surface area contributed by atoms with Crippen molar-refractivity contribution in [3.8, 4) is 0 Å². The fourth-order valence-corrected chi connectivity index (χ4v) is 4.23. The van der Waals surface area contributed by atoms with Crippen LogP contribution in [-0.4, -0.2) is 23.3 Å². The van der Waals surface area contributed by atoms with E-state index >= 15 is 0 Å². The number of imide groups is 1. The maximum Gasteiger partial charge on any atom is 0.233 e. The molecule has 1 saturated carbocycles. The smallest absolute Gasteiger partial charge is 0.233 e. The van der Waals surface area contributed by atoms with Crippen LogP contribution in [0.15, 0.2) is 12.2 Å². The van der Waals surface area contributed by atoms with Gasteiger partial charge in [-0.3, -0.25) is 14.5 Å². The van der Waals surface area contributed by atoms with Crippen molar-refractivity contribution in [2.75, 3.05) is 6.54 Å². The number of rotatable bonds is 6. The van der Waals surface area contributed by atoms with E-state index in [0.717, 1.165) is 12.8 Å². The van der Waals surface area contributed by atoms with Crippen molar-refractivity contribution in [2.45, 2.75) is 46.0 Å². The third-order valence-electron chi connectivity index (χ3n) is 5.46. The topological polar surface area (TPSA) is 37.4 Å². The van der Waals surface area contributed by atoms with Crippen molar-refractivity contribution < 1.29 is 9.59 Å². The summed E-state index contributed by atoms with van der Waals surface area (Å²) in [7, 11) is 0. The number of carbonyl (C=O) groups excluding carboxylic acids is 2. The zero-order valence-corrected chi connectivity index (χ0v) is 12.5. The molecule has 2 amide bonds. The molecule has 0 aromatic carbocycles. The molecule has 0 aromatic heterocycles. The normalized spacial score (nSPS) is 36.0. The molecule has 2 aliphatic carbocycles. The Morgan fingerprint density at radius 1 is 1.15 bits per heavy atom. The summed E-state index contributed by atoms with van der Waals surface area (Å²) in [5.41, 5.74) is 0. The third-order valence-corrected chi connectivity index (χ3v) is 5.46. The zero-order chi connectivity index (χ0) is 14.3. The summed E-state index contributed by atoms with van der Waals surface area (Å²) in [6.45, 7) is 5.06. The molecule has 20 heavy (non-hydrogen) atoms. The minimum Gasteiger partial charge on any atom is -0.282 e. The number of likely N-dealkylation sites (tertiary alicyclic amines) is 1. The quantitative estimate of drug-likeness (QED) is 0.552. The Morgan fingerprint density at radius 2 is 1.75 bits per heavy atom. The number of unbranched alkanes of at least 4 members (excludes halogenated alkanes) is 1. The molecule has 1 aliphatic heterocycles. The van der Waals surface area contributed by atoms with Crippen LogP contribution in [0.1, 0.15) is 46.0 Å². The molecule has 0 spiro atoms. The van der Waals surface area contributed by atoms with Gasteiger partial charge in [0.1, 0.15) is 0 Å². The van der Waals surface area contributed by atoms with Crippen LogP contribution in [0.25, 0.3) is 0 Å². The summed E-state index contributed by atoms with van der Waals surface area (Å²) in [4.78, 5) is 26.5. The first-order valence-corrected chi connectivity index (χ1v) is 8.17. The summed E-state index contributed by atoms with van der Waals surface area (Å²) >= 11 is 0. The van der Waals surface area contributed by atoms with Gasteiger partial charge in [0.25, 0.3) is 0 Å². The van der Waals surface area contributed by atoms with E-state index in [1.807, 2.05) is 0 Å². The van der Waals surface area contributed by atoms with Gasteiger partial charge in [-0.15, -0.1) is 0 Å². The van der Waals surface area contributed by atoms with Gasteiger partial charge < -0.3 is 0 Å². The minimum absolute atomic E-state index is 0.0246. The fourth-order valence-electron chi connectivity index (χ4n) is 4.23. The second kappa shape index (κ2) is 5.34. The van der Waals surface area contributed by atoms with E-state index in [2.05, 4.69) is 26.0 Å². The Bertz CT molecular complexity index is 412. The lowest BCUT2D eigenvalue weighted by molar-refractivity contribution is -0.140. The molecule has 3 heteroatoms. The summed E-state index contributed by atoms with van der Waals surface area (Å²) < 4.78 is 0. The van der Waals surface area contributed by atoms with Crippen molar-refractivity contribution in [1.29, 1.82) is 0 Å². The van der Waals surface area contributed by atoms with Gasteiger partial charge >= 0.3 is 0 Å². The van der Waals surface area contributed by atoms with Gasteiger partial charge in [-0.2, -0.15) is 0 Å². The summed E-state index contributed by atoms with van der Waals surface area (Å²) in [6.07, 6.45) is 9.95. The molecule has 0 radical (unpaired) electrons. The van der Waals surface area contributed by atoms with Crippen LogP contribution in [-0.2, 0) is 9.59 Å². The highest BCUT2D eigenvalue weighted by molar-refractivity contribution is 6.06. The zero-order valence-electron chi connectivity index (χ0n) is 12.5. The van der Waals surface area contributed by atoms with Gasteiger partial charge in [0.05, 0.1) is 11.8 Å². The van der Waals surface area contributed by atoms with Crippen LogP contribution < -0.4 is 0 Å². The van der Waals surface area contributed by atoms with Crippen LogP contribution >= 0.6 is 0 Å². The fraction of sp³-hybridized carbons (Fsp3) is 0.765. The Hall–Kier alpha value is -1.12. The first kappa shape index (κ1) is 13.8. The number of nitrogens with zero attached hydrogens (tertiary/aromatic N) is 1. The van der Waals surface area contributed by atoms with Crippen molar-refractivity contribution in [3.63, 3.8) is 0 Å². The second-order valence-electron chi connectivity index (χ2n) is 6.86. The van der Waals surface area contributed by atoms with Gasteiger partial charge in [-0.25, -0.2) is 0 Å². The van der Waals surface area contributed by atoms with E-state index in [9.17, 15) is 9.59 Å². The SMILES string of the molecule is CCCCC(C)CCN1C(=O)C2C3C=CC(C3)C2C1=O. The maximum atomic E-state index is 12.5. The summed E-state index contributed by atoms with van der Waals surface area (Å²) in [5.74, 6) is 1.45. The summed E-state index contributed by atoms with van der Waals surface area (Å²) in [6, 6.07) is 0. The lowest BCUT2D eigenvalue weighted by Gasteiger charge is -2.19. The number of hydrogen-bond donors (Lipinski definition) is 0. The highest BCUT2D eigenvalue weighted by Gasteiger charge is 2.58. The average molecular weight is 275 g/mol. The molecular formula is C17H25NO2. The van der Waals surface area contributed by atoms with Crippen molar-refractivity contribution in [3.05, 3.63) is 12.2 Å². The monoisotopic (exact) mass is 275 g/mol. The molecule has 3 rings (SSSR count). The molecule has 5 unspecified atom stereocenters. The molecule has 1 heterocycles. The third kappa shape index (κ3) is 2.11. The molecule has 2 fully saturated rings. The predicted molar refractivity (Wildman–Crippen MR) is 77.7 cm³/mol. The van der Waals surface area contributed by atoms with Crippen LogP contribution in [0.2, 0.25) is 0 Å². The predicted octanol–water partition coefficient (Wildman–Crippen LogP) is 3.01. The molecule has 0 aromatic rings. The van der Waals surface area contributed by atoms with Crippen LogP contribution in [0, 0.1) is 29.6 Å². The largest absolute Gasteiger partial charge is 0.282 e. The standard InChI is InChI=1S/C17H25NO2/c1-3-4-5-11(2)8-9-18-16(19)14-12-6-7-13(10-12)15(14)17(18)20/h6-7,11-15H,3-5,8-10H2,1-2H3. The molecule has 2 bridgehead atoms. The molecule has 5 atom stereocenters. The number of fused-ring (bicyclic) bond motifs is 5. The van der Waals surface area contributed by atoms with E-state index in [4.69, 9.17) is 0 Å². The Balaban J connectivity index is 1.59. The van der Waals surface area contributed by atoms with Crippen molar-refractivity contribution >= 4 is 11.8 Å². The van der Waals surface area contributed by atoms with Crippen molar-refractivity contribution in [1.82, 2.24) is 4.90 Å². The van der Waals surface area contributed by atoms with Crippen LogP contribution in [0.4, 0.5) is 0 Å². The number of hydrogen-bond acceptors (Lipinski definition) is 2. The van der Waals surface area contributed by atoms with Gasteiger partial charge in [0, 0.05) is 6.54 Å². The van der Waals surface area contributed by atoms with Crippen LogP contribution in [0.5, 0.6) is 0 Å².